The van der Waals surface area contributed by atoms with E-state index in [9.17, 15) is 0 Å². The highest BCUT2D eigenvalue weighted by molar-refractivity contribution is 14.0. The summed E-state index contributed by atoms with van der Waals surface area (Å²) in [4.78, 5) is 13.8. The van der Waals surface area contributed by atoms with Crippen LogP contribution in [-0.4, -0.2) is 57.8 Å². The lowest BCUT2D eigenvalue weighted by Gasteiger charge is -2.36. The molecule has 1 aliphatic rings. The number of methoxy groups -OCH3 is 1. The van der Waals surface area contributed by atoms with E-state index >= 15 is 0 Å². The molecule has 1 atom stereocenters. The molecule has 1 aromatic carbocycles. The Morgan fingerprint density at radius 1 is 1.23 bits per heavy atom. The second-order valence-corrected chi connectivity index (χ2v) is 7.68. The Kier molecular flexibility index (Phi) is 10.2. The van der Waals surface area contributed by atoms with Crippen LogP contribution in [0, 0.1) is 0 Å². The molecule has 31 heavy (non-hydrogen) atoms. The maximum Gasteiger partial charge on any atom is 0.191 e. The third-order valence-corrected chi connectivity index (χ3v) is 5.18. The number of piperidine rings is 1. The first-order valence-corrected chi connectivity index (χ1v) is 10.7. The fourth-order valence-corrected chi connectivity index (χ4v) is 3.68. The number of guanidine groups is 1. The molecule has 1 saturated heterocycles. The minimum absolute atomic E-state index is 0. The number of anilines is 2. The summed E-state index contributed by atoms with van der Waals surface area (Å²) < 4.78 is 5.56. The van der Waals surface area contributed by atoms with E-state index in [0.717, 1.165) is 61.4 Å². The van der Waals surface area contributed by atoms with Crippen molar-refractivity contribution in [1.29, 1.82) is 0 Å². The number of nitrogens with one attached hydrogen (secondary N) is 2. The molecule has 1 aliphatic heterocycles. The van der Waals surface area contributed by atoms with E-state index in [1.165, 1.54) is 0 Å². The van der Waals surface area contributed by atoms with Crippen LogP contribution >= 0.6 is 24.0 Å². The summed E-state index contributed by atoms with van der Waals surface area (Å²) in [6.45, 7) is 5.40. The van der Waals surface area contributed by atoms with Crippen molar-refractivity contribution in [2.45, 2.75) is 32.4 Å². The van der Waals surface area contributed by atoms with Gasteiger partial charge in [0.2, 0.25) is 0 Å². The van der Waals surface area contributed by atoms with E-state index in [1.807, 2.05) is 49.3 Å². The highest BCUT2D eigenvalue weighted by atomic mass is 127. The van der Waals surface area contributed by atoms with Gasteiger partial charge in [0.1, 0.15) is 11.6 Å². The van der Waals surface area contributed by atoms with Gasteiger partial charge >= 0.3 is 0 Å². The van der Waals surface area contributed by atoms with Crippen LogP contribution in [0.25, 0.3) is 0 Å². The van der Waals surface area contributed by atoms with Crippen molar-refractivity contribution >= 4 is 41.4 Å². The van der Waals surface area contributed by atoms with Crippen molar-refractivity contribution < 1.29 is 4.74 Å². The van der Waals surface area contributed by atoms with Gasteiger partial charge in [-0.15, -0.1) is 24.0 Å². The van der Waals surface area contributed by atoms with Crippen molar-refractivity contribution in [3.63, 3.8) is 0 Å². The first kappa shape index (κ1) is 25.0. The molecule has 1 aromatic heterocycles. The second-order valence-electron chi connectivity index (χ2n) is 7.68. The number of rotatable bonds is 7. The van der Waals surface area contributed by atoms with E-state index in [-0.39, 0.29) is 24.0 Å². The third-order valence-electron chi connectivity index (χ3n) is 5.18. The van der Waals surface area contributed by atoms with Gasteiger partial charge in [-0.3, -0.25) is 0 Å². The van der Waals surface area contributed by atoms with E-state index < -0.39 is 0 Å². The molecule has 2 heterocycles. The number of hydrogen-bond donors (Lipinski definition) is 2. The maximum absolute atomic E-state index is 5.56. The highest BCUT2D eigenvalue weighted by Gasteiger charge is 2.22. The van der Waals surface area contributed by atoms with Crippen LogP contribution in [0.5, 0.6) is 5.75 Å². The summed E-state index contributed by atoms with van der Waals surface area (Å²) >= 11 is 0. The van der Waals surface area contributed by atoms with Gasteiger partial charge in [-0.25, -0.2) is 9.98 Å². The number of ether oxygens (including phenoxy) is 1. The van der Waals surface area contributed by atoms with Crippen LogP contribution in [0.1, 0.15) is 25.5 Å². The molecule has 0 radical (unpaired) electrons. The molecule has 0 bridgehead atoms. The summed E-state index contributed by atoms with van der Waals surface area (Å²) in [7, 11) is 5.73. The average molecular weight is 538 g/mol. The number of benzene rings is 1. The smallest absolute Gasteiger partial charge is 0.191 e. The van der Waals surface area contributed by atoms with Gasteiger partial charge in [0.15, 0.2) is 5.96 Å². The normalized spacial score (nSPS) is 16.3. The molecule has 0 saturated carbocycles. The van der Waals surface area contributed by atoms with Gasteiger partial charge in [-0.05, 0) is 44.0 Å². The van der Waals surface area contributed by atoms with Gasteiger partial charge in [0.25, 0.3) is 0 Å². The number of nitrogens with zero attached hydrogens (tertiary/aromatic N) is 4. The van der Waals surface area contributed by atoms with Crippen LogP contribution in [0.3, 0.4) is 0 Å². The van der Waals surface area contributed by atoms with Crippen molar-refractivity contribution in [2.75, 3.05) is 50.6 Å². The van der Waals surface area contributed by atoms with E-state index in [2.05, 4.69) is 39.6 Å². The fourth-order valence-electron chi connectivity index (χ4n) is 3.68. The zero-order chi connectivity index (χ0) is 21.3. The lowest BCUT2D eigenvalue weighted by molar-refractivity contribution is 0.408. The van der Waals surface area contributed by atoms with Crippen molar-refractivity contribution in [1.82, 2.24) is 15.6 Å². The number of hydrogen-bond acceptors (Lipinski definition) is 5. The standard InChI is InChI=1S/C23H34N6O.HI/c1-5-24-23(25-16-18-10-8-14-22(26-18)28(2)3)27-19-11-9-15-29(17-19)20-12-6-7-13-21(20)30-4;/h6-8,10,12-14,19H,5,9,11,15-17H2,1-4H3,(H2,24,25,27);1H. The lowest BCUT2D eigenvalue weighted by Crippen LogP contribution is -2.51. The SMILES string of the molecule is CCNC(=NCc1cccc(N(C)C)n1)NC1CCCN(c2ccccc2OC)C1.I. The molecule has 2 aromatic rings. The average Bonchev–Trinajstić information content (AvgIpc) is 2.78. The predicted octanol–water partition coefficient (Wildman–Crippen LogP) is 3.50. The molecule has 1 unspecified atom stereocenters. The minimum Gasteiger partial charge on any atom is -0.495 e. The van der Waals surface area contributed by atoms with E-state index in [4.69, 9.17) is 9.73 Å². The summed E-state index contributed by atoms with van der Waals surface area (Å²) in [5.41, 5.74) is 2.11. The number of halogens is 1. The molecule has 170 valence electrons. The van der Waals surface area contributed by atoms with Gasteiger partial charge in [0.05, 0.1) is 25.0 Å². The van der Waals surface area contributed by atoms with E-state index in [0.29, 0.717) is 12.6 Å². The largest absolute Gasteiger partial charge is 0.495 e. The Hall–Kier alpha value is -2.23. The fraction of sp³-hybridized carbons (Fsp3) is 0.478. The van der Waals surface area contributed by atoms with Gasteiger partial charge < -0.3 is 25.2 Å². The van der Waals surface area contributed by atoms with Crippen LogP contribution in [0.4, 0.5) is 11.5 Å². The van der Waals surface area contributed by atoms with Crippen molar-refractivity contribution in [2.24, 2.45) is 4.99 Å². The van der Waals surface area contributed by atoms with Gasteiger partial charge in [0, 0.05) is 39.8 Å². The molecule has 0 amide bonds. The zero-order valence-electron chi connectivity index (χ0n) is 19.0. The predicted molar refractivity (Wildman–Crippen MR) is 140 cm³/mol. The van der Waals surface area contributed by atoms with Gasteiger partial charge in [-0.2, -0.15) is 0 Å². The Labute approximate surface area is 203 Å². The Morgan fingerprint density at radius 3 is 2.77 bits per heavy atom. The van der Waals surface area contributed by atoms with E-state index in [1.54, 1.807) is 7.11 Å². The summed E-state index contributed by atoms with van der Waals surface area (Å²) in [6, 6.07) is 14.6. The quantitative estimate of drug-likeness (QED) is 0.320. The Balaban J connectivity index is 0.00000341. The molecule has 7 nitrogen and oxygen atoms in total. The highest BCUT2D eigenvalue weighted by Crippen LogP contribution is 2.29. The second kappa shape index (κ2) is 12.6. The molecule has 8 heteroatoms. The molecule has 3 rings (SSSR count). The molecule has 1 fully saturated rings. The first-order chi connectivity index (χ1) is 14.6. The monoisotopic (exact) mass is 538 g/mol. The summed E-state index contributed by atoms with van der Waals surface area (Å²) in [6.07, 6.45) is 2.24. The summed E-state index contributed by atoms with van der Waals surface area (Å²) in [5.74, 6) is 2.70. The Morgan fingerprint density at radius 2 is 2.03 bits per heavy atom. The number of para-hydroxylation sites is 2. The zero-order valence-corrected chi connectivity index (χ0v) is 21.3. The van der Waals surface area contributed by atoms with Crippen molar-refractivity contribution in [3.8, 4) is 5.75 Å². The number of pyridine rings is 1. The van der Waals surface area contributed by atoms with Crippen LogP contribution in [-0.2, 0) is 6.54 Å². The van der Waals surface area contributed by atoms with Gasteiger partial charge in [-0.1, -0.05) is 18.2 Å². The molecular formula is C23H35IN6O. The number of aliphatic imine (C=N–C) groups is 1. The molecule has 2 N–H and O–H groups in total. The minimum atomic E-state index is 0. The maximum atomic E-state index is 5.56. The van der Waals surface area contributed by atoms with Crippen molar-refractivity contribution in [3.05, 3.63) is 48.2 Å². The topological polar surface area (TPSA) is 65.0 Å². The molecule has 0 aliphatic carbocycles. The molecular weight excluding hydrogens is 503 g/mol. The molecule has 0 spiro atoms. The first-order valence-electron chi connectivity index (χ1n) is 10.7. The lowest BCUT2D eigenvalue weighted by atomic mass is 10.0. The Bertz CT molecular complexity index is 844. The van der Waals surface area contributed by atoms with Crippen LogP contribution in [0.2, 0.25) is 0 Å². The van der Waals surface area contributed by atoms with Crippen LogP contribution < -0.4 is 25.2 Å². The third kappa shape index (κ3) is 7.15. The summed E-state index contributed by atoms with van der Waals surface area (Å²) in [5, 5.41) is 6.99. The number of aromatic nitrogens is 1. The van der Waals surface area contributed by atoms with Crippen LogP contribution in [0.15, 0.2) is 47.5 Å².